The third kappa shape index (κ3) is 2.69. The van der Waals surface area contributed by atoms with Gasteiger partial charge in [0.2, 0.25) is 0 Å². The maximum Gasteiger partial charge on any atom is 0.179 e. The largest absolute Gasteiger partial charge is 0.352 e. The van der Waals surface area contributed by atoms with Crippen LogP contribution in [-0.2, 0) is 17.6 Å². The molecule has 1 N–H and O–H groups in total. The molecule has 3 rings (SSSR count). The summed E-state index contributed by atoms with van der Waals surface area (Å²) < 4.78 is 28.1. The molecule has 2 heterocycles. The average Bonchev–Trinajstić information content (AvgIpc) is 2.90. The molecule has 21 heavy (non-hydrogen) atoms. The number of nitrogens with one attached hydrogen (secondary N) is 1. The van der Waals surface area contributed by atoms with Gasteiger partial charge in [-0.25, -0.2) is 13.8 Å². The molecule has 1 atom stereocenters. The highest BCUT2D eigenvalue weighted by molar-refractivity contribution is 7.80. The fourth-order valence-electron chi connectivity index (χ4n) is 2.31. The Hall–Kier alpha value is -2.15. The van der Waals surface area contributed by atoms with E-state index in [4.69, 9.17) is 12.2 Å². The minimum Gasteiger partial charge on any atom is -0.352 e. The smallest absolute Gasteiger partial charge is 0.179 e. The fraction of sp³-hybridized carbons (Fsp3) is 0.214. The van der Waals surface area contributed by atoms with Gasteiger partial charge < -0.3 is 5.32 Å². The first kappa shape index (κ1) is 13.8. The van der Waals surface area contributed by atoms with Crippen molar-refractivity contribution in [2.24, 2.45) is 0 Å². The first-order valence-corrected chi connectivity index (χ1v) is 6.74. The molecule has 0 radical (unpaired) electrons. The highest BCUT2D eigenvalue weighted by Gasteiger charge is 2.27. The van der Waals surface area contributed by atoms with Gasteiger partial charge in [-0.3, -0.25) is 9.36 Å². The lowest BCUT2D eigenvalue weighted by molar-refractivity contribution is -0.120. The van der Waals surface area contributed by atoms with Crippen LogP contribution in [0.2, 0.25) is 0 Å². The number of Topliss-reactive ketones (excluding diaryl/α,β-unsaturated/α-hetero) is 1. The minimum atomic E-state index is -0.716. The summed E-state index contributed by atoms with van der Waals surface area (Å²) in [6, 6.07) is 2.68. The first-order valence-electron chi connectivity index (χ1n) is 6.33. The molecular weight excluding hydrogens is 296 g/mol. The van der Waals surface area contributed by atoms with Gasteiger partial charge in [-0.2, -0.15) is 0 Å². The van der Waals surface area contributed by atoms with Gasteiger partial charge in [0.25, 0.3) is 0 Å². The maximum absolute atomic E-state index is 13.6. The zero-order valence-corrected chi connectivity index (χ0v) is 11.7. The van der Waals surface area contributed by atoms with Gasteiger partial charge in [0.1, 0.15) is 18.0 Å². The van der Waals surface area contributed by atoms with Crippen molar-refractivity contribution in [2.45, 2.75) is 18.9 Å². The molecule has 0 bridgehead atoms. The van der Waals surface area contributed by atoms with Gasteiger partial charge >= 0.3 is 0 Å². The summed E-state index contributed by atoms with van der Waals surface area (Å²) in [6.07, 6.45) is 3.54. The number of fused-ring (bicyclic) bond motifs is 1. The molecule has 0 saturated heterocycles. The van der Waals surface area contributed by atoms with Crippen molar-refractivity contribution < 1.29 is 13.6 Å². The van der Waals surface area contributed by atoms with Crippen molar-refractivity contribution in [3.8, 4) is 0 Å². The number of carbonyl (C=O) groups excluding carboxylic acids is 1. The molecular formula is C14H11F2N3OS. The highest BCUT2D eigenvalue weighted by atomic mass is 32.1. The van der Waals surface area contributed by atoms with Crippen LogP contribution in [0.4, 0.5) is 8.78 Å². The summed E-state index contributed by atoms with van der Waals surface area (Å²) in [5.41, 5.74) is 1.00. The predicted molar refractivity (Wildman–Crippen MR) is 75.9 cm³/mol. The van der Waals surface area contributed by atoms with Gasteiger partial charge in [0, 0.05) is 30.8 Å². The van der Waals surface area contributed by atoms with Gasteiger partial charge in [-0.05, 0) is 23.8 Å². The number of hydrogen-bond acceptors (Lipinski definition) is 3. The molecule has 0 saturated carbocycles. The molecule has 0 fully saturated rings. The van der Waals surface area contributed by atoms with Gasteiger partial charge in [0.15, 0.2) is 10.9 Å². The van der Waals surface area contributed by atoms with Crippen LogP contribution in [0.1, 0.15) is 11.3 Å². The van der Waals surface area contributed by atoms with E-state index in [-0.39, 0.29) is 17.8 Å². The van der Waals surface area contributed by atoms with Crippen molar-refractivity contribution in [3.05, 3.63) is 53.6 Å². The first-order chi connectivity index (χ1) is 10.0. The van der Waals surface area contributed by atoms with Crippen LogP contribution in [0.3, 0.4) is 0 Å². The monoisotopic (exact) mass is 307 g/mol. The van der Waals surface area contributed by atoms with Crippen molar-refractivity contribution >= 4 is 23.1 Å². The molecule has 0 aliphatic carbocycles. The lowest BCUT2D eigenvalue weighted by atomic mass is 9.99. The molecule has 7 heteroatoms. The molecule has 1 aromatic carbocycles. The van der Waals surface area contributed by atoms with E-state index in [0.717, 1.165) is 17.8 Å². The number of nitrogens with zero attached hydrogens (tertiary/aromatic N) is 2. The Labute approximate surface area is 124 Å². The Morgan fingerprint density at radius 1 is 1.48 bits per heavy atom. The summed E-state index contributed by atoms with van der Waals surface area (Å²) in [4.78, 5) is 16.2. The van der Waals surface area contributed by atoms with Crippen LogP contribution in [0.25, 0.3) is 0 Å². The van der Waals surface area contributed by atoms with E-state index < -0.39 is 17.7 Å². The number of imidazole rings is 1. The van der Waals surface area contributed by atoms with Crippen LogP contribution in [0.15, 0.2) is 30.7 Å². The summed E-state index contributed by atoms with van der Waals surface area (Å²) in [5, 5.41) is 3.31. The molecule has 4 nitrogen and oxygen atoms in total. The Balaban J connectivity index is 1.76. The quantitative estimate of drug-likeness (QED) is 0.876. The number of halogens is 2. The molecule has 1 aromatic heterocycles. The predicted octanol–water partition coefficient (Wildman–Crippen LogP) is 1.62. The van der Waals surface area contributed by atoms with E-state index >= 15 is 0 Å². The number of ketones is 1. The number of benzene rings is 1. The Kier molecular flexibility index (Phi) is 3.50. The molecule has 2 aromatic rings. The van der Waals surface area contributed by atoms with Crippen molar-refractivity contribution in [1.82, 2.24) is 14.9 Å². The zero-order chi connectivity index (χ0) is 15.0. The van der Waals surface area contributed by atoms with Gasteiger partial charge in [-0.1, -0.05) is 6.07 Å². The number of rotatable bonds is 3. The molecule has 0 amide bonds. The molecule has 1 aliphatic heterocycles. The Morgan fingerprint density at radius 2 is 2.29 bits per heavy atom. The van der Waals surface area contributed by atoms with Gasteiger partial charge in [-0.15, -0.1) is 0 Å². The van der Waals surface area contributed by atoms with E-state index in [1.54, 1.807) is 17.1 Å². The van der Waals surface area contributed by atoms with E-state index in [1.807, 2.05) is 0 Å². The summed E-state index contributed by atoms with van der Waals surface area (Å²) in [5.74, 6) is -1.58. The van der Waals surface area contributed by atoms with E-state index in [2.05, 4.69) is 10.3 Å². The second-order valence-corrected chi connectivity index (χ2v) is 5.23. The lowest BCUT2D eigenvalue weighted by Gasteiger charge is -2.25. The normalized spacial score (nSPS) is 17.2. The number of hydrogen-bond donors (Lipinski definition) is 1. The van der Waals surface area contributed by atoms with Crippen molar-refractivity contribution in [3.63, 3.8) is 0 Å². The van der Waals surface area contributed by atoms with E-state index in [0.29, 0.717) is 11.5 Å². The Bertz CT molecular complexity index is 729. The van der Waals surface area contributed by atoms with E-state index in [9.17, 15) is 13.6 Å². The fourth-order valence-corrected chi connectivity index (χ4v) is 2.61. The summed E-state index contributed by atoms with van der Waals surface area (Å²) in [7, 11) is 0. The second kappa shape index (κ2) is 5.33. The van der Waals surface area contributed by atoms with E-state index in [1.165, 1.54) is 6.07 Å². The third-order valence-electron chi connectivity index (χ3n) is 3.41. The molecule has 0 spiro atoms. The minimum absolute atomic E-state index is 0.111. The van der Waals surface area contributed by atoms with Gasteiger partial charge in [0.05, 0.1) is 6.04 Å². The van der Waals surface area contributed by atoms with Crippen LogP contribution in [-0.4, -0.2) is 26.5 Å². The van der Waals surface area contributed by atoms with Crippen LogP contribution in [0.5, 0.6) is 0 Å². The zero-order valence-electron chi connectivity index (χ0n) is 10.8. The molecule has 108 valence electrons. The van der Waals surface area contributed by atoms with Crippen molar-refractivity contribution in [2.75, 3.05) is 0 Å². The van der Waals surface area contributed by atoms with Crippen LogP contribution < -0.4 is 5.32 Å². The second-order valence-electron chi connectivity index (χ2n) is 4.84. The highest BCUT2D eigenvalue weighted by Crippen LogP contribution is 2.15. The average molecular weight is 307 g/mol. The third-order valence-corrected chi connectivity index (χ3v) is 3.73. The van der Waals surface area contributed by atoms with Crippen LogP contribution >= 0.6 is 12.2 Å². The topological polar surface area (TPSA) is 46.9 Å². The maximum atomic E-state index is 13.6. The Morgan fingerprint density at radius 3 is 3.05 bits per heavy atom. The number of aromatic nitrogens is 2. The van der Waals surface area contributed by atoms with Crippen LogP contribution in [0, 0.1) is 11.6 Å². The standard InChI is InChI=1S/C14H11F2N3OS/c15-9-2-1-8(11(16)4-9)3-13(20)12-5-10-6-17-7-19(10)14(21)18-12/h1-2,4,6-7,12H,3,5H2,(H,18,21)/t12-/m0/s1. The lowest BCUT2D eigenvalue weighted by Crippen LogP contribution is -2.49. The molecule has 0 unspecified atom stereocenters. The summed E-state index contributed by atoms with van der Waals surface area (Å²) in [6.45, 7) is 0. The van der Waals surface area contributed by atoms with Crippen molar-refractivity contribution in [1.29, 1.82) is 0 Å². The SMILES string of the molecule is O=C(Cc1ccc(F)cc1F)[C@@H]1Cc2cncn2C(=S)N1. The molecule has 1 aliphatic rings. The number of carbonyl (C=O) groups is 1. The number of thiocarbonyl (C=S) groups is 1. The summed E-state index contributed by atoms with van der Waals surface area (Å²) >= 11 is 5.15.